The van der Waals surface area contributed by atoms with Crippen molar-refractivity contribution in [3.63, 3.8) is 0 Å². The van der Waals surface area contributed by atoms with E-state index in [1.54, 1.807) is 6.07 Å². The molecule has 2 fully saturated rings. The first kappa shape index (κ1) is 22.0. The van der Waals surface area contributed by atoms with Crippen LogP contribution in [0.1, 0.15) is 49.7 Å². The van der Waals surface area contributed by atoms with E-state index in [9.17, 15) is 23.1 Å². The lowest BCUT2D eigenvalue weighted by Gasteiger charge is -2.38. The number of carbonyl (C=O) groups is 1. The predicted molar refractivity (Wildman–Crippen MR) is 98.9 cm³/mol. The molecule has 0 spiro atoms. The molecule has 1 saturated carbocycles. The molecule has 1 amide bonds. The molecular weight excluding hydrogens is 381 g/mol. The van der Waals surface area contributed by atoms with Crippen molar-refractivity contribution in [2.75, 3.05) is 13.1 Å². The van der Waals surface area contributed by atoms with E-state index in [1.807, 2.05) is 0 Å². The lowest BCUT2D eigenvalue weighted by molar-refractivity contribution is -0.137. The van der Waals surface area contributed by atoms with E-state index in [4.69, 9.17) is 0 Å². The Labute approximate surface area is 163 Å². The van der Waals surface area contributed by atoms with Crippen molar-refractivity contribution < 1.29 is 23.1 Å². The quantitative estimate of drug-likeness (QED) is 0.719. The first-order valence-corrected chi connectivity index (χ1v) is 9.17. The average molecular weight is 407 g/mol. The molecule has 1 aromatic carbocycles. The lowest BCUT2D eigenvalue weighted by atomic mass is 9.69. The van der Waals surface area contributed by atoms with Gasteiger partial charge in [0, 0.05) is 18.5 Å². The highest BCUT2D eigenvalue weighted by molar-refractivity contribution is 5.85. The molecule has 1 aliphatic heterocycles. The van der Waals surface area contributed by atoms with E-state index < -0.39 is 29.3 Å². The molecule has 3 rings (SSSR count). The summed E-state index contributed by atoms with van der Waals surface area (Å²) >= 11 is 0. The minimum atomic E-state index is -4.38. The SMILES string of the molecule is Cl.O=C(NCC1(c2cccc(C(F)(F)F)c2)CCCCC1)C1CC(O)CN1. The van der Waals surface area contributed by atoms with E-state index in [0.717, 1.165) is 38.2 Å². The Balaban J connectivity index is 0.00000261. The standard InChI is InChI=1S/C19H25F3N2O2.ClH/c20-19(21,22)14-6-4-5-13(9-14)18(7-2-1-3-8-18)12-24-17(26)16-10-15(25)11-23-16;/h4-6,9,15-16,23,25H,1-3,7-8,10-12H2,(H,24,26);1H. The lowest BCUT2D eigenvalue weighted by Crippen LogP contribution is -2.47. The molecule has 1 saturated heterocycles. The van der Waals surface area contributed by atoms with Gasteiger partial charge in [-0.1, -0.05) is 37.5 Å². The molecule has 2 aliphatic rings. The smallest absolute Gasteiger partial charge is 0.392 e. The summed E-state index contributed by atoms with van der Waals surface area (Å²) in [6.45, 7) is 0.707. The normalized spacial score (nSPS) is 24.9. The second-order valence-electron chi connectivity index (χ2n) is 7.49. The van der Waals surface area contributed by atoms with Gasteiger partial charge in [0.2, 0.25) is 5.91 Å². The number of aliphatic hydroxyl groups is 1. The van der Waals surface area contributed by atoms with Crippen LogP contribution in [-0.4, -0.2) is 36.2 Å². The third-order valence-corrected chi connectivity index (χ3v) is 5.64. The Kier molecular flexibility index (Phi) is 7.16. The maximum absolute atomic E-state index is 13.1. The van der Waals surface area contributed by atoms with Crippen molar-refractivity contribution in [1.82, 2.24) is 10.6 Å². The summed E-state index contributed by atoms with van der Waals surface area (Å²) in [4.78, 5) is 12.4. The molecule has 1 aromatic rings. The first-order valence-electron chi connectivity index (χ1n) is 9.17. The van der Waals surface area contributed by atoms with E-state index in [2.05, 4.69) is 10.6 Å². The monoisotopic (exact) mass is 406 g/mol. The van der Waals surface area contributed by atoms with Crippen molar-refractivity contribution in [1.29, 1.82) is 0 Å². The number of hydrogen-bond donors (Lipinski definition) is 3. The number of nitrogens with one attached hydrogen (secondary N) is 2. The number of alkyl halides is 3. The van der Waals surface area contributed by atoms with Crippen LogP contribution in [0.15, 0.2) is 24.3 Å². The molecular formula is C19H26ClF3N2O2. The van der Waals surface area contributed by atoms with Crippen LogP contribution in [0.4, 0.5) is 13.2 Å². The second kappa shape index (κ2) is 8.80. The van der Waals surface area contributed by atoms with Crippen molar-refractivity contribution in [2.45, 2.75) is 62.3 Å². The molecule has 8 heteroatoms. The van der Waals surface area contributed by atoms with Crippen LogP contribution in [0, 0.1) is 0 Å². The fourth-order valence-electron chi connectivity index (χ4n) is 4.12. The number of rotatable bonds is 4. The van der Waals surface area contributed by atoms with Gasteiger partial charge in [-0.05, 0) is 30.9 Å². The highest BCUT2D eigenvalue weighted by Gasteiger charge is 2.38. The van der Waals surface area contributed by atoms with Gasteiger partial charge >= 0.3 is 6.18 Å². The van der Waals surface area contributed by atoms with Crippen LogP contribution in [-0.2, 0) is 16.4 Å². The third-order valence-electron chi connectivity index (χ3n) is 5.64. The van der Waals surface area contributed by atoms with Gasteiger partial charge in [-0.3, -0.25) is 4.79 Å². The van der Waals surface area contributed by atoms with Crippen LogP contribution >= 0.6 is 12.4 Å². The zero-order valence-corrected chi connectivity index (χ0v) is 15.8. The molecule has 2 unspecified atom stereocenters. The number of carbonyl (C=O) groups excluding carboxylic acids is 1. The number of benzene rings is 1. The van der Waals surface area contributed by atoms with E-state index >= 15 is 0 Å². The Morgan fingerprint density at radius 3 is 2.56 bits per heavy atom. The number of amides is 1. The van der Waals surface area contributed by atoms with Gasteiger partial charge in [0.1, 0.15) is 0 Å². The van der Waals surface area contributed by atoms with Crippen molar-refractivity contribution >= 4 is 18.3 Å². The van der Waals surface area contributed by atoms with E-state index in [-0.39, 0.29) is 18.3 Å². The van der Waals surface area contributed by atoms with Crippen molar-refractivity contribution in [2.24, 2.45) is 0 Å². The van der Waals surface area contributed by atoms with Crippen LogP contribution in [0.2, 0.25) is 0 Å². The molecule has 0 bridgehead atoms. The highest BCUT2D eigenvalue weighted by Crippen LogP contribution is 2.41. The third kappa shape index (κ3) is 5.15. The number of β-amino-alcohol motifs (C(OH)–C–C–N with tert-alkyl or cyclic N) is 1. The van der Waals surface area contributed by atoms with Gasteiger partial charge in [-0.25, -0.2) is 0 Å². The van der Waals surface area contributed by atoms with Crippen LogP contribution < -0.4 is 10.6 Å². The Morgan fingerprint density at radius 1 is 1.26 bits per heavy atom. The molecule has 1 heterocycles. The summed E-state index contributed by atoms with van der Waals surface area (Å²) in [5.41, 5.74) is -0.467. The largest absolute Gasteiger partial charge is 0.416 e. The zero-order chi connectivity index (χ0) is 18.8. The minimum Gasteiger partial charge on any atom is -0.392 e. The maximum Gasteiger partial charge on any atom is 0.416 e. The maximum atomic E-state index is 13.1. The van der Waals surface area contributed by atoms with Gasteiger partial charge in [0.05, 0.1) is 17.7 Å². The Hall–Kier alpha value is -1.31. The molecule has 0 aromatic heterocycles. The Morgan fingerprint density at radius 2 is 1.96 bits per heavy atom. The van der Waals surface area contributed by atoms with E-state index in [0.29, 0.717) is 25.1 Å². The van der Waals surface area contributed by atoms with Gasteiger partial charge in [0.15, 0.2) is 0 Å². The van der Waals surface area contributed by atoms with Gasteiger partial charge in [-0.15, -0.1) is 12.4 Å². The van der Waals surface area contributed by atoms with Gasteiger partial charge in [0.25, 0.3) is 0 Å². The first-order chi connectivity index (χ1) is 12.3. The number of aliphatic hydroxyl groups excluding tert-OH is 1. The van der Waals surface area contributed by atoms with Crippen molar-refractivity contribution in [3.8, 4) is 0 Å². The molecule has 1 aliphatic carbocycles. The molecule has 3 N–H and O–H groups in total. The fourth-order valence-corrected chi connectivity index (χ4v) is 4.12. The number of hydrogen-bond acceptors (Lipinski definition) is 3. The molecule has 2 atom stereocenters. The fraction of sp³-hybridized carbons (Fsp3) is 0.632. The van der Waals surface area contributed by atoms with Gasteiger partial charge < -0.3 is 15.7 Å². The summed E-state index contributed by atoms with van der Waals surface area (Å²) in [5.74, 6) is -0.196. The Bertz CT molecular complexity index is 648. The van der Waals surface area contributed by atoms with Crippen molar-refractivity contribution in [3.05, 3.63) is 35.4 Å². The minimum absolute atomic E-state index is 0. The summed E-state index contributed by atoms with van der Waals surface area (Å²) < 4.78 is 39.3. The highest BCUT2D eigenvalue weighted by atomic mass is 35.5. The zero-order valence-electron chi connectivity index (χ0n) is 15.0. The van der Waals surface area contributed by atoms with E-state index in [1.165, 1.54) is 12.1 Å². The average Bonchev–Trinajstić information content (AvgIpc) is 3.06. The van der Waals surface area contributed by atoms with Crippen LogP contribution in [0.5, 0.6) is 0 Å². The predicted octanol–water partition coefficient (Wildman–Crippen LogP) is 3.17. The summed E-state index contributed by atoms with van der Waals surface area (Å²) in [5, 5.41) is 15.4. The molecule has 27 heavy (non-hydrogen) atoms. The molecule has 152 valence electrons. The summed E-state index contributed by atoms with van der Waals surface area (Å²) in [6.07, 6.45) is -0.0892. The van der Waals surface area contributed by atoms with Crippen LogP contribution in [0.25, 0.3) is 0 Å². The van der Waals surface area contributed by atoms with Gasteiger partial charge in [-0.2, -0.15) is 13.2 Å². The molecule has 4 nitrogen and oxygen atoms in total. The summed E-state index contributed by atoms with van der Waals surface area (Å²) in [6, 6.07) is 5.07. The molecule has 0 radical (unpaired) electrons. The number of halogens is 4. The summed E-state index contributed by atoms with van der Waals surface area (Å²) in [7, 11) is 0. The topological polar surface area (TPSA) is 61.4 Å². The second-order valence-corrected chi connectivity index (χ2v) is 7.49. The van der Waals surface area contributed by atoms with Crippen LogP contribution in [0.3, 0.4) is 0 Å².